The first-order valence-corrected chi connectivity index (χ1v) is 13.1. The molecule has 0 aromatic heterocycles. The van der Waals surface area contributed by atoms with Gasteiger partial charge in [0.05, 0.1) is 26.4 Å². The Hall–Kier alpha value is -1.90. The molecular formula is C22H19Cl3N2O3S2. The zero-order chi connectivity index (χ0) is 23.3. The number of carbonyl (C=O) groups is 1. The molecule has 168 valence electrons. The molecule has 0 aliphatic rings. The lowest BCUT2D eigenvalue weighted by Gasteiger charge is -2.12. The molecule has 0 aliphatic heterocycles. The number of hydrogen-bond acceptors (Lipinski definition) is 4. The van der Waals surface area contributed by atoms with Crippen molar-refractivity contribution in [2.45, 2.75) is 17.6 Å². The fourth-order valence-corrected chi connectivity index (χ4v) is 5.12. The molecular weight excluding hydrogens is 511 g/mol. The van der Waals surface area contributed by atoms with Crippen LogP contribution in [0.15, 0.2) is 65.6 Å². The number of rotatable bonds is 8. The van der Waals surface area contributed by atoms with E-state index in [4.69, 9.17) is 34.8 Å². The van der Waals surface area contributed by atoms with Crippen molar-refractivity contribution in [2.24, 2.45) is 0 Å². The van der Waals surface area contributed by atoms with E-state index in [9.17, 15) is 13.2 Å². The van der Waals surface area contributed by atoms with Crippen LogP contribution >= 0.6 is 46.6 Å². The maximum absolute atomic E-state index is 12.7. The zero-order valence-corrected chi connectivity index (χ0v) is 20.8. The van der Waals surface area contributed by atoms with Gasteiger partial charge in [0, 0.05) is 16.5 Å². The van der Waals surface area contributed by atoms with Crippen LogP contribution in [-0.4, -0.2) is 20.1 Å². The molecule has 0 unspecified atom stereocenters. The topological polar surface area (TPSA) is 75.3 Å². The molecule has 0 saturated heterocycles. The van der Waals surface area contributed by atoms with Gasteiger partial charge in [-0.2, -0.15) is 0 Å². The van der Waals surface area contributed by atoms with Crippen molar-refractivity contribution in [3.63, 3.8) is 0 Å². The Morgan fingerprint density at radius 1 is 0.938 bits per heavy atom. The van der Waals surface area contributed by atoms with E-state index in [0.29, 0.717) is 37.8 Å². The number of amides is 1. The third-order valence-electron chi connectivity index (χ3n) is 4.45. The Kier molecular flexibility index (Phi) is 8.36. The molecule has 2 N–H and O–H groups in total. The molecule has 0 bridgehead atoms. The van der Waals surface area contributed by atoms with Crippen LogP contribution in [0.3, 0.4) is 0 Å². The number of nitrogens with one attached hydrogen (secondary N) is 2. The van der Waals surface area contributed by atoms with E-state index < -0.39 is 10.0 Å². The lowest BCUT2D eigenvalue weighted by atomic mass is 10.2. The van der Waals surface area contributed by atoms with Crippen LogP contribution in [0.1, 0.15) is 11.1 Å². The number of halogens is 3. The van der Waals surface area contributed by atoms with Crippen LogP contribution in [0, 0.1) is 6.92 Å². The van der Waals surface area contributed by atoms with E-state index in [1.807, 2.05) is 6.07 Å². The van der Waals surface area contributed by atoms with Gasteiger partial charge in [-0.05, 0) is 66.6 Å². The monoisotopic (exact) mass is 528 g/mol. The van der Waals surface area contributed by atoms with Gasteiger partial charge in [0.2, 0.25) is 5.91 Å². The van der Waals surface area contributed by atoms with Crippen molar-refractivity contribution in [1.29, 1.82) is 0 Å². The average Bonchev–Trinajstić information content (AvgIpc) is 2.74. The van der Waals surface area contributed by atoms with E-state index in [1.165, 1.54) is 23.9 Å². The number of thioether (sulfide) groups is 1. The van der Waals surface area contributed by atoms with Gasteiger partial charge in [0.25, 0.3) is 10.0 Å². The van der Waals surface area contributed by atoms with Crippen molar-refractivity contribution >= 4 is 73.9 Å². The van der Waals surface area contributed by atoms with Crippen molar-refractivity contribution in [2.75, 3.05) is 15.8 Å². The summed E-state index contributed by atoms with van der Waals surface area (Å²) in [5, 5.41) is 4.19. The predicted octanol–water partition coefficient (Wildman–Crippen LogP) is 6.63. The van der Waals surface area contributed by atoms with Crippen LogP contribution in [0.5, 0.6) is 0 Å². The van der Waals surface area contributed by atoms with Gasteiger partial charge < -0.3 is 5.32 Å². The van der Waals surface area contributed by atoms with Gasteiger partial charge >= 0.3 is 0 Å². The third kappa shape index (κ3) is 6.56. The maximum atomic E-state index is 12.7. The van der Waals surface area contributed by atoms with Crippen molar-refractivity contribution in [3.05, 3.63) is 86.9 Å². The number of benzene rings is 3. The Bertz CT molecular complexity index is 1230. The average molecular weight is 530 g/mol. The molecule has 3 rings (SSSR count). The Labute approximate surface area is 206 Å². The molecule has 0 aliphatic carbocycles. The van der Waals surface area contributed by atoms with Crippen LogP contribution in [-0.2, 0) is 20.6 Å². The van der Waals surface area contributed by atoms with Gasteiger partial charge in [0.15, 0.2) is 0 Å². The van der Waals surface area contributed by atoms with E-state index in [0.717, 1.165) is 5.56 Å². The second-order valence-corrected chi connectivity index (χ2v) is 10.7. The normalized spacial score (nSPS) is 11.2. The van der Waals surface area contributed by atoms with Gasteiger partial charge in [-0.3, -0.25) is 9.52 Å². The molecule has 32 heavy (non-hydrogen) atoms. The van der Waals surface area contributed by atoms with E-state index in [-0.39, 0.29) is 16.6 Å². The SMILES string of the molecule is Cc1c(Cl)cccc1NS(=O)(=O)c1ccc(NC(=O)CSCc2ccc(Cl)c(Cl)c2)cc1. The van der Waals surface area contributed by atoms with Gasteiger partial charge in [0.1, 0.15) is 0 Å². The fraction of sp³-hybridized carbons (Fsp3) is 0.136. The van der Waals surface area contributed by atoms with Crippen LogP contribution in [0.2, 0.25) is 15.1 Å². The number of sulfonamides is 1. The summed E-state index contributed by atoms with van der Waals surface area (Å²) in [5.74, 6) is 0.643. The van der Waals surface area contributed by atoms with E-state index in [2.05, 4.69) is 10.0 Å². The second-order valence-electron chi connectivity index (χ2n) is 6.83. The molecule has 0 fully saturated rings. The number of carbonyl (C=O) groups excluding carboxylic acids is 1. The third-order valence-corrected chi connectivity index (χ3v) is 7.98. The number of anilines is 2. The van der Waals surface area contributed by atoms with Crippen LogP contribution in [0.4, 0.5) is 11.4 Å². The highest BCUT2D eigenvalue weighted by atomic mass is 35.5. The minimum Gasteiger partial charge on any atom is -0.325 e. The summed E-state index contributed by atoms with van der Waals surface area (Å²) < 4.78 is 27.8. The largest absolute Gasteiger partial charge is 0.325 e. The molecule has 0 heterocycles. The first kappa shape index (κ1) is 24.7. The van der Waals surface area contributed by atoms with E-state index in [1.54, 1.807) is 49.4 Å². The highest BCUT2D eigenvalue weighted by molar-refractivity contribution is 7.99. The zero-order valence-electron chi connectivity index (χ0n) is 16.9. The van der Waals surface area contributed by atoms with Crippen LogP contribution < -0.4 is 10.0 Å². The van der Waals surface area contributed by atoms with Crippen molar-refractivity contribution < 1.29 is 13.2 Å². The first-order valence-electron chi connectivity index (χ1n) is 9.35. The fourth-order valence-electron chi connectivity index (χ4n) is 2.73. The maximum Gasteiger partial charge on any atom is 0.261 e. The second kappa shape index (κ2) is 10.8. The van der Waals surface area contributed by atoms with Crippen LogP contribution in [0.25, 0.3) is 0 Å². The molecule has 0 atom stereocenters. The van der Waals surface area contributed by atoms with E-state index >= 15 is 0 Å². The molecule has 0 saturated carbocycles. The molecule has 3 aromatic carbocycles. The summed E-state index contributed by atoms with van der Waals surface area (Å²) in [5.41, 5.74) is 2.52. The standard InChI is InChI=1S/C22H19Cl3N2O3S2/c1-14-18(23)3-2-4-21(14)27-32(29,30)17-8-6-16(7-9-17)26-22(28)13-31-12-15-5-10-19(24)20(25)11-15/h2-11,27H,12-13H2,1H3,(H,26,28). The molecule has 0 radical (unpaired) electrons. The summed E-state index contributed by atoms with van der Waals surface area (Å²) >= 11 is 19.4. The summed E-state index contributed by atoms with van der Waals surface area (Å²) in [7, 11) is -3.79. The summed E-state index contributed by atoms with van der Waals surface area (Å²) in [6.45, 7) is 1.73. The minimum atomic E-state index is -3.79. The molecule has 5 nitrogen and oxygen atoms in total. The summed E-state index contributed by atoms with van der Waals surface area (Å²) in [6, 6.07) is 16.3. The molecule has 0 spiro atoms. The van der Waals surface area contributed by atoms with Gasteiger partial charge in [-0.15, -0.1) is 11.8 Å². The minimum absolute atomic E-state index is 0.0730. The Morgan fingerprint density at radius 2 is 1.66 bits per heavy atom. The molecule has 1 amide bonds. The summed E-state index contributed by atoms with van der Waals surface area (Å²) in [4.78, 5) is 12.3. The highest BCUT2D eigenvalue weighted by Crippen LogP contribution is 2.26. The quantitative estimate of drug-likeness (QED) is 0.343. The highest BCUT2D eigenvalue weighted by Gasteiger charge is 2.16. The van der Waals surface area contributed by atoms with Gasteiger partial charge in [-0.1, -0.05) is 46.9 Å². The molecule has 10 heteroatoms. The van der Waals surface area contributed by atoms with Crippen molar-refractivity contribution in [3.8, 4) is 0 Å². The lowest BCUT2D eigenvalue weighted by Crippen LogP contribution is -2.15. The predicted molar refractivity (Wildman–Crippen MR) is 135 cm³/mol. The summed E-state index contributed by atoms with van der Waals surface area (Å²) in [6.07, 6.45) is 0. The molecule has 3 aromatic rings. The Morgan fingerprint density at radius 3 is 2.34 bits per heavy atom. The number of hydrogen-bond donors (Lipinski definition) is 2. The van der Waals surface area contributed by atoms with Crippen molar-refractivity contribution in [1.82, 2.24) is 0 Å². The lowest BCUT2D eigenvalue weighted by molar-refractivity contribution is -0.113. The smallest absolute Gasteiger partial charge is 0.261 e. The Balaban J connectivity index is 1.55. The van der Waals surface area contributed by atoms with Gasteiger partial charge in [-0.25, -0.2) is 8.42 Å². The first-order chi connectivity index (χ1) is 15.2.